The molecule has 1 aromatic heterocycles. The highest BCUT2D eigenvalue weighted by molar-refractivity contribution is 6.50. The number of nitrogens with one attached hydrogen (secondary N) is 3. The highest BCUT2D eigenvalue weighted by atomic mass is 35.5. The zero-order valence-corrected chi connectivity index (χ0v) is 22.2. The van der Waals surface area contributed by atoms with E-state index in [4.69, 9.17) is 56.4 Å². The molecule has 0 radical (unpaired) electrons. The molecule has 0 aliphatic heterocycles. The number of halogens is 4. The monoisotopic (exact) mass is 544 g/mol. The number of fused-ring (bicyclic) bond motifs is 1. The molecule has 34 heavy (non-hydrogen) atoms. The molecule has 0 bridgehead atoms. The van der Waals surface area contributed by atoms with Crippen LogP contribution in [0.5, 0.6) is 0 Å². The minimum absolute atomic E-state index is 0.0343. The van der Waals surface area contributed by atoms with Crippen molar-refractivity contribution in [1.82, 2.24) is 15.3 Å². The Kier molecular flexibility index (Phi) is 8.18. The summed E-state index contributed by atoms with van der Waals surface area (Å²) in [4.78, 5) is 24.2. The first-order valence-electron chi connectivity index (χ1n) is 11.5. The number of hydrogen-bond donors (Lipinski definition) is 3. The smallest absolute Gasteiger partial charge is 0.319 e. The van der Waals surface area contributed by atoms with Gasteiger partial charge in [-0.25, -0.2) is 9.78 Å². The van der Waals surface area contributed by atoms with E-state index in [2.05, 4.69) is 20.9 Å². The Bertz CT molecular complexity index is 1050. The lowest BCUT2D eigenvalue weighted by Gasteiger charge is -2.30. The Hall–Kier alpha value is -1.67. The van der Waals surface area contributed by atoms with E-state index in [1.165, 1.54) is 24.5 Å². The highest BCUT2D eigenvalue weighted by Gasteiger charge is 2.25. The van der Waals surface area contributed by atoms with Gasteiger partial charge in [-0.2, -0.15) is 4.98 Å². The number of rotatable bonds is 5. The summed E-state index contributed by atoms with van der Waals surface area (Å²) >= 11 is 24.5. The Balaban J connectivity index is 1.33. The first kappa shape index (κ1) is 25.4. The van der Waals surface area contributed by atoms with Crippen molar-refractivity contribution in [3.63, 3.8) is 0 Å². The number of anilines is 3. The molecule has 3 N–H and O–H groups in total. The van der Waals surface area contributed by atoms with Crippen LogP contribution in [0.1, 0.15) is 49.8 Å². The first-order valence-corrected chi connectivity index (χ1v) is 13.0. The van der Waals surface area contributed by atoms with Crippen molar-refractivity contribution in [3.8, 4) is 0 Å². The van der Waals surface area contributed by atoms with Crippen molar-refractivity contribution in [2.75, 3.05) is 29.6 Å². The van der Waals surface area contributed by atoms with Crippen LogP contribution in [-0.2, 0) is 12.8 Å². The van der Waals surface area contributed by atoms with E-state index in [9.17, 15) is 4.79 Å². The van der Waals surface area contributed by atoms with Crippen LogP contribution in [0.15, 0.2) is 6.07 Å². The fourth-order valence-corrected chi connectivity index (χ4v) is 5.50. The Labute approximate surface area is 219 Å². The van der Waals surface area contributed by atoms with Crippen molar-refractivity contribution in [1.29, 1.82) is 0 Å². The Morgan fingerprint density at radius 3 is 2.21 bits per heavy atom. The third-order valence-electron chi connectivity index (χ3n) is 6.33. The first-order chi connectivity index (χ1) is 16.2. The van der Waals surface area contributed by atoms with E-state index in [1.54, 1.807) is 0 Å². The fourth-order valence-electron chi connectivity index (χ4n) is 4.59. The second kappa shape index (κ2) is 10.9. The molecule has 184 valence electrons. The molecule has 1 aromatic carbocycles. The quantitative estimate of drug-likeness (QED) is 0.369. The van der Waals surface area contributed by atoms with Crippen LogP contribution >= 0.6 is 46.4 Å². The summed E-state index contributed by atoms with van der Waals surface area (Å²) in [6.07, 6.45) is 7.86. The molecular weight excluding hydrogens is 518 g/mol. The molecule has 1 heterocycles. The van der Waals surface area contributed by atoms with Crippen LogP contribution in [0.25, 0.3) is 0 Å². The summed E-state index contributed by atoms with van der Waals surface area (Å²) in [5.41, 5.74) is 2.65. The third kappa shape index (κ3) is 5.76. The van der Waals surface area contributed by atoms with E-state index < -0.39 is 6.03 Å². The van der Waals surface area contributed by atoms with Gasteiger partial charge >= 0.3 is 6.03 Å². The molecular formula is C23H28Cl4N6O. The van der Waals surface area contributed by atoms with Gasteiger partial charge in [0.1, 0.15) is 5.82 Å². The van der Waals surface area contributed by atoms with Gasteiger partial charge in [0.15, 0.2) is 0 Å². The summed E-state index contributed by atoms with van der Waals surface area (Å²) in [7, 11) is 4.06. The van der Waals surface area contributed by atoms with Crippen molar-refractivity contribution in [3.05, 3.63) is 37.4 Å². The summed E-state index contributed by atoms with van der Waals surface area (Å²) in [5, 5.41) is 9.95. The molecule has 2 aliphatic carbocycles. The molecule has 0 spiro atoms. The maximum Gasteiger partial charge on any atom is 0.319 e. The minimum Gasteiger partial charge on any atom is -0.362 e. The van der Waals surface area contributed by atoms with Crippen molar-refractivity contribution in [2.24, 2.45) is 0 Å². The number of urea groups is 1. The normalized spacial score (nSPS) is 19.8. The molecule has 0 saturated heterocycles. The number of benzene rings is 1. The van der Waals surface area contributed by atoms with Gasteiger partial charge in [-0.05, 0) is 57.4 Å². The average molecular weight is 546 g/mol. The van der Waals surface area contributed by atoms with E-state index >= 15 is 0 Å². The van der Waals surface area contributed by atoms with Crippen LogP contribution in [0.4, 0.5) is 22.2 Å². The molecule has 2 aromatic rings. The van der Waals surface area contributed by atoms with E-state index in [0.717, 1.165) is 50.0 Å². The summed E-state index contributed by atoms with van der Waals surface area (Å²) in [6.45, 7) is 0. The van der Waals surface area contributed by atoms with E-state index in [-0.39, 0.29) is 37.9 Å². The maximum absolute atomic E-state index is 12.6. The van der Waals surface area contributed by atoms with Gasteiger partial charge in [0.05, 0.1) is 31.5 Å². The number of carbonyl (C=O) groups excluding carboxylic acids is 1. The second-order valence-electron chi connectivity index (χ2n) is 9.03. The molecule has 4 rings (SSSR count). The van der Waals surface area contributed by atoms with Crippen molar-refractivity contribution < 1.29 is 4.79 Å². The van der Waals surface area contributed by atoms with Crippen molar-refractivity contribution >= 4 is 69.9 Å². The zero-order valence-electron chi connectivity index (χ0n) is 19.2. The standard InChI is InChI=1S/C23H28Cl4N6O/c1-33(2)21-14-5-3-4-6-17(14)30-22(32-21)28-12-7-9-13(10-8-12)29-23(34)31-20-18(26)15(24)11-16(25)19(20)27/h11-13H,3-10H2,1-2H3,(H,28,30,32)(H2,29,31,34). The topological polar surface area (TPSA) is 82.2 Å². The molecule has 11 heteroatoms. The third-order valence-corrected chi connectivity index (χ3v) is 7.91. The highest BCUT2D eigenvalue weighted by Crippen LogP contribution is 2.41. The van der Waals surface area contributed by atoms with Crippen LogP contribution in [-0.4, -0.2) is 42.2 Å². The lowest BCUT2D eigenvalue weighted by molar-refractivity contribution is 0.243. The van der Waals surface area contributed by atoms with Gasteiger partial charge in [0.25, 0.3) is 0 Å². The minimum atomic E-state index is -0.396. The fraction of sp³-hybridized carbons (Fsp3) is 0.522. The lowest BCUT2D eigenvalue weighted by Crippen LogP contribution is -2.42. The second-order valence-corrected chi connectivity index (χ2v) is 10.6. The van der Waals surface area contributed by atoms with Crippen LogP contribution < -0.4 is 20.9 Å². The molecule has 2 aliphatic rings. The number of carbonyl (C=O) groups is 1. The number of amides is 2. The largest absolute Gasteiger partial charge is 0.362 e. The summed E-state index contributed by atoms with van der Waals surface area (Å²) in [5.74, 6) is 1.71. The van der Waals surface area contributed by atoms with E-state index in [0.29, 0.717) is 5.95 Å². The van der Waals surface area contributed by atoms with Gasteiger partial charge in [-0.15, -0.1) is 0 Å². The van der Waals surface area contributed by atoms with Gasteiger partial charge in [-0.1, -0.05) is 46.4 Å². The van der Waals surface area contributed by atoms with Crippen LogP contribution in [0.3, 0.4) is 0 Å². The summed E-state index contributed by atoms with van der Waals surface area (Å²) in [6, 6.07) is 1.34. The van der Waals surface area contributed by atoms with Gasteiger partial charge in [0.2, 0.25) is 5.95 Å². The Morgan fingerprint density at radius 2 is 1.56 bits per heavy atom. The lowest BCUT2D eigenvalue weighted by atomic mass is 9.91. The van der Waals surface area contributed by atoms with Crippen molar-refractivity contribution in [2.45, 2.75) is 63.5 Å². The number of nitrogens with zero attached hydrogens (tertiary/aromatic N) is 3. The SMILES string of the molecule is CN(C)c1nc(NC2CCC(NC(=O)Nc3c(Cl)c(Cl)cc(Cl)c3Cl)CC2)nc2c1CCCC2. The van der Waals surface area contributed by atoms with Gasteiger partial charge in [0, 0.05) is 31.7 Å². The average Bonchev–Trinajstić information content (AvgIpc) is 2.81. The number of aromatic nitrogens is 2. The predicted molar refractivity (Wildman–Crippen MR) is 141 cm³/mol. The molecule has 2 amide bonds. The summed E-state index contributed by atoms with van der Waals surface area (Å²) < 4.78 is 0. The van der Waals surface area contributed by atoms with Gasteiger partial charge < -0.3 is 20.9 Å². The van der Waals surface area contributed by atoms with Crippen LogP contribution in [0, 0.1) is 0 Å². The number of aryl methyl sites for hydroxylation is 1. The molecule has 0 unspecified atom stereocenters. The Morgan fingerprint density at radius 1 is 0.941 bits per heavy atom. The number of hydrogen-bond acceptors (Lipinski definition) is 5. The molecule has 0 atom stereocenters. The van der Waals surface area contributed by atoms with Crippen LogP contribution in [0.2, 0.25) is 20.1 Å². The van der Waals surface area contributed by atoms with E-state index in [1.807, 2.05) is 14.1 Å². The molecule has 1 saturated carbocycles. The molecule has 1 fully saturated rings. The predicted octanol–water partition coefficient (Wildman–Crippen LogP) is 6.58. The molecule has 7 nitrogen and oxygen atoms in total. The van der Waals surface area contributed by atoms with Gasteiger partial charge in [-0.3, -0.25) is 0 Å². The zero-order chi connectivity index (χ0) is 24.4. The maximum atomic E-state index is 12.6.